The molecular formula is C28H31ClFN3O5S. The summed E-state index contributed by atoms with van der Waals surface area (Å²) in [7, 11) is -4.28. The molecule has 1 atom stereocenters. The van der Waals surface area contributed by atoms with Gasteiger partial charge in [0.1, 0.15) is 24.2 Å². The van der Waals surface area contributed by atoms with Crippen LogP contribution < -0.4 is 14.4 Å². The molecule has 208 valence electrons. The zero-order chi connectivity index (χ0) is 28.6. The molecule has 0 aliphatic rings. The number of anilines is 1. The van der Waals surface area contributed by atoms with Gasteiger partial charge in [-0.25, -0.2) is 12.8 Å². The van der Waals surface area contributed by atoms with Crippen molar-refractivity contribution in [1.82, 2.24) is 10.2 Å². The highest BCUT2D eigenvalue weighted by molar-refractivity contribution is 7.92. The molecule has 3 rings (SSSR count). The van der Waals surface area contributed by atoms with Gasteiger partial charge in [0.05, 0.1) is 17.2 Å². The number of carbonyl (C=O) groups excluding carboxylic acids is 2. The van der Waals surface area contributed by atoms with Crippen molar-refractivity contribution in [3.63, 3.8) is 0 Å². The molecule has 3 aromatic carbocycles. The number of carbonyl (C=O) groups is 2. The van der Waals surface area contributed by atoms with Gasteiger partial charge in [0.15, 0.2) is 0 Å². The number of ether oxygens (including phenoxy) is 1. The maximum Gasteiger partial charge on any atom is 0.264 e. The molecule has 0 aliphatic carbocycles. The number of likely N-dealkylation sites (N-methyl/N-ethyl adjacent to an activating group) is 1. The number of nitrogens with zero attached hydrogens (tertiary/aromatic N) is 2. The summed E-state index contributed by atoms with van der Waals surface area (Å²) in [5.41, 5.74) is 0.752. The van der Waals surface area contributed by atoms with Crippen molar-refractivity contribution in [2.24, 2.45) is 0 Å². The van der Waals surface area contributed by atoms with Gasteiger partial charge in [-0.1, -0.05) is 23.7 Å². The van der Waals surface area contributed by atoms with Crippen LogP contribution in [0, 0.1) is 5.82 Å². The van der Waals surface area contributed by atoms with Crippen molar-refractivity contribution < 1.29 is 27.1 Å². The van der Waals surface area contributed by atoms with Gasteiger partial charge in [0.25, 0.3) is 10.0 Å². The Kier molecular flexibility index (Phi) is 10.3. The summed E-state index contributed by atoms with van der Waals surface area (Å²) >= 11 is 6.13. The lowest BCUT2D eigenvalue weighted by Crippen LogP contribution is -2.51. The quantitative estimate of drug-likeness (QED) is 0.340. The van der Waals surface area contributed by atoms with Crippen LogP contribution in [0.15, 0.2) is 77.7 Å². The highest BCUT2D eigenvalue weighted by atomic mass is 35.5. The van der Waals surface area contributed by atoms with E-state index in [9.17, 15) is 22.4 Å². The minimum absolute atomic E-state index is 0.0120. The molecule has 0 heterocycles. The lowest BCUT2D eigenvalue weighted by atomic mass is 10.1. The Balaban J connectivity index is 2.01. The second-order valence-electron chi connectivity index (χ2n) is 8.61. The standard InChI is InChI=1S/C28H31ClFN3O5S/c1-4-31-28(35)20(3)32(18-21-7-6-8-22(29)17-21)27(34)19-33(24-11-9-23(30)10-12-24)39(36,37)26-15-13-25(14-16-26)38-5-2/h6-17,20H,4-5,18-19H2,1-3H3,(H,31,35)/t20-/m0/s1. The average molecular weight is 576 g/mol. The van der Waals surface area contributed by atoms with Gasteiger partial charge >= 0.3 is 0 Å². The molecule has 0 radical (unpaired) electrons. The minimum atomic E-state index is -4.28. The normalized spacial score (nSPS) is 11.9. The second kappa shape index (κ2) is 13.4. The van der Waals surface area contributed by atoms with Crippen molar-refractivity contribution in [3.05, 3.63) is 89.2 Å². The molecule has 2 amide bonds. The summed E-state index contributed by atoms with van der Waals surface area (Å²) < 4.78 is 47.6. The fraction of sp³-hybridized carbons (Fsp3) is 0.286. The van der Waals surface area contributed by atoms with Crippen LogP contribution in [0.2, 0.25) is 5.02 Å². The summed E-state index contributed by atoms with van der Waals surface area (Å²) in [4.78, 5) is 27.7. The maximum absolute atomic E-state index is 13.8. The molecule has 0 saturated heterocycles. The van der Waals surface area contributed by atoms with Gasteiger partial charge in [0, 0.05) is 18.1 Å². The van der Waals surface area contributed by atoms with Gasteiger partial charge < -0.3 is 15.0 Å². The third kappa shape index (κ3) is 7.70. The first kappa shape index (κ1) is 29.9. The molecule has 0 unspecified atom stereocenters. The molecule has 11 heteroatoms. The molecule has 39 heavy (non-hydrogen) atoms. The molecule has 0 spiro atoms. The minimum Gasteiger partial charge on any atom is -0.494 e. The SMILES string of the molecule is CCNC(=O)[C@H](C)N(Cc1cccc(Cl)c1)C(=O)CN(c1ccc(F)cc1)S(=O)(=O)c1ccc(OCC)cc1. The van der Waals surface area contributed by atoms with E-state index in [0.717, 1.165) is 16.4 Å². The highest BCUT2D eigenvalue weighted by Crippen LogP contribution is 2.26. The monoisotopic (exact) mass is 575 g/mol. The van der Waals surface area contributed by atoms with E-state index in [1.165, 1.54) is 41.3 Å². The molecule has 0 aromatic heterocycles. The summed E-state index contributed by atoms with van der Waals surface area (Å²) in [5.74, 6) is -1.09. The predicted octanol–water partition coefficient (Wildman–Crippen LogP) is 4.63. The van der Waals surface area contributed by atoms with E-state index >= 15 is 0 Å². The summed E-state index contributed by atoms with van der Waals surface area (Å²) in [6, 6.07) is 16.5. The molecule has 8 nitrogen and oxygen atoms in total. The Bertz CT molecular complexity index is 1390. The number of rotatable bonds is 12. The second-order valence-corrected chi connectivity index (χ2v) is 10.9. The predicted molar refractivity (Wildman–Crippen MR) is 149 cm³/mol. The van der Waals surface area contributed by atoms with Gasteiger partial charge in [-0.15, -0.1) is 0 Å². The lowest BCUT2D eigenvalue weighted by Gasteiger charge is -2.32. The number of hydrogen-bond donors (Lipinski definition) is 1. The molecule has 0 aliphatic heterocycles. The smallest absolute Gasteiger partial charge is 0.264 e. The molecular weight excluding hydrogens is 545 g/mol. The lowest BCUT2D eigenvalue weighted by molar-refractivity contribution is -0.139. The fourth-order valence-corrected chi connectivity index (χ4v) is 5.50. The average Bonchev–Trinajstić information content (AvgIpc) is 2.91. The van der Waals surface area contributed by atoms with Crippen LogP contribution in [-0.4, -0.2) is 50.9 Å². The number of amides is 2. The van der Waals surface area contributed by atoms with Crippen LogP contribution in [0.25, 0.3) is 0 Å². The van der Waals surface area contributed by atoms with E-state index in [1.807, 2.05) is 6.92 Å². The van der Waals surface area contributed by atoms with E-state index in [0.29, 0.717) is 29.5 Å². The van der Waals surface area contributed by atoms with Crippen LogP contribution in [0.4, 0.5) is 10.1 Å². The Labute approximate surface area is 233 Å². The Morgan fingerprint density at radius 2 is 1.69 bits per heavy atom. The molecule has 0 saturated carbocycles. The van der Waals surface area contributed by atoms with E-state index in [1.54, 1.807) is 38.1 Å². The third-order valence-corrected chi connectivity index (χ3v) is 7.90. The Hall–Kier alpha value is -3.63. The van der Waals surface area contributed by atoms with E-state index in [-0.39, 0.29) is 17.1 Å². The maximum atomic E-state index is 13.8. The van der Waals surface area contributed by atoms with Gasteiger partial charge in [-0.3, -0.25) is 13.9 Å². The number of nitrogens with one attached hydrogen (secondary N) is 1. The number of halogens is 2. The highest BCUT2D eigenvalue weighted by Gasteiger charge is 2.32. The van der Waals surface area contributed by atoms with Crippen LogP contribution in [0.1, 0.15) is 26.3 Å². The molecule has 3 aromatic rings. The van der Waals surface area contributed by atoms with Gasteiger partial charge in [0.2, 0.25) is 11.8 Å². The first-order valence-electron chi connectivity index (χ1n) is 12.4. The summed E-state index contributed by atoms with van der Waals surface area (Å²) in [6.45, 7) is 5.28. The summed E-state index contributed by atoms with van der Waals surface area (Å²) in [6.07, 6.45) is 0. The van der Waals surface area contributed by atoms with Crippen molar-refractivity contribution in [2.75, 3.05) is 24.0 Å². The zero-order valence-electron chi connectivity index (χ0n) is 21.9. The van der Waals surface area contributed by atoms with Crippen molar-refractivity contribution >= 4 is 39.1 Å². The number of hydrogen-bond acceptors (Lipinski definition) is 5. The van der Waals surface area contributed by atoms with Crippen molar-refractivity contribution in [2.45, 2.75) is 38.3 Å². The van der Waals surface area contributed by atoms with E-state index < -0.39 is 40.2 Å². The van der Waals surface area contributed by atoms with Crippen LogP contribution in [0.5, 0.6) is 5.75 Å². The molecule has 1 N–H and O–H groups in total. The zero-order valence-corrected chi connectivity index (χ0v) is 23.5. The molecule has 0 bridgehead atoms. The van der Waals surface area contributed by atoms with Gasteiger partial charge in [-0.2, -0.15) is 0 Å². The van der Waals surface area contributed by atoms with Gasteiger partial charge in [-0.05, 0) is 87.0 Å². The third-order valence-electron chi connectivity index (χ3n) is 5.88. The first-order chi connectivity index (χ1) is 18.6. The van der Waals surface area contributed by atoms with E-state index in [2.05, 4.69) is 5.32 Å². The Morgan fingerprint density at radius 3 is 2.28 bits per heavy atom. The first-order valence-corrected chi connectivity index (χ1v) is 14.2. The number of benzene rings is 3. The van der Waals surface area contributed by atoms with Crippen molar-refractivity contribution in [3.8, 4) is 5.75 Å². The van der Waals surface area contributed by atoms with Crippen molar-refractivity contribution in [1.29, 1.82) is 0 Å². The fourth-order valence-electron chi connectivity index (χ4n) is 3.87. The largest absolute Gasteiger partial charge is 0.494 e. The Morgan fingerprint density at radius 1 is 1.03 bits per heavy atom. The number of sulfonamides is 1. The van der Waals surface area contributed by atoms with Crippen LogP contribution in [-0.2, 0) is 26.2 Å². The van der Waals surface area contributed by atoms with E-state index in [4.69, 9.17) is 16.3 Å². The molecule has 0 fully saturated rings. The topological polar surface area (TPSA) is 96.0 Å². The summed E-state index contributed by atoms with van der Waals surface area (Å²) in [5, 5.41) is 3.15. The van der Waals surface area contributed by atoms with Crippen LogP contribution in [0.3, 0.4) is 0 Å². The van der Waals surface area contributed by atoms with Crippen LogP contribution >= 0.6 is 11.6 Å².